The molecule has 7 heteroatoms. The van der Waals surface area contributed by atoms with Crippen LogP contribution in [-0.4, -0.2) is 29.9 Å². The van der Waals surface area contributed by atoms with Crippen molar-refractivity contribution in [2.24, 2.45) is 5.73 Å². The summed E-state index contributed by atoms with van der Waals surface area (Å²) >= 11 is 7.34. The Morgan fingerprint density at radius 1 is 1.48 bits per heavy atom. The Hall–Kier alpha value is -1.50. The van der Waals surface area contributed by atoms with Gasteiger partial charge in [-0.3, -0.25) is 4.79 Å². The van der Waals surface area contributed by atoms with E-state index in [9.17, 15) is 4.79 Å². The molecule has 0 saturated carbocycles. The van der Waals surface area contributed by atoms with Gasteiger partial charge in [0.25, 0.3) is 0 Å². The van der Waals surface area contributed by atoms with Crippen molar-refractivity contribution < 1.29 is 13.9 Å². The van der Waals surface area contributed by atoms with Crippen molar-refractivity contribution >= 4 is 29.3 Å². The number of nitrogens with two attached hydrogens (primary N) is 1. The number of carbonyl (C=O) groups is 1. The fraction of sp³-hybridized carbons (Fsp3) is 0.286. The Kier molecular flexibility index (Phi) is 5.67. The SMILES string of the molecule is COC(=O)C(N)CSCc1coc(-c2ccc(Cl)cc2)n1. The van der Waals surface area contributed by atoms with Crippen LogP contribution in [0.1, 0.15) is 5.69 Å². The van der Waals surface area contributed by atoms with Crippen molar-refractivity contribution in [3.05, 3.63) is 41.2 Å². The number of rotatable bonds is 6. The minimum Gasteiger partial charge on any atom is -0.468 e. The first-order valence-corrected chi connectivity index (χ1v) is 7.75. The van der Waals surface area contributed by atoms with Gasteiger partial charge in [-0.1, -0.05) is 11.6 Å². The molecular formula is C14H15ClN2O3S. The van der Waals surface area contributed by atoms with Crippen molar-refractivity contribution in [2.45, 2.75) is 11.8 Å². The lowest BCUT2D eigenvalue weighted by molar-refractivity contribution is -0.141. The first-order chi connectivity index (χ1) is 10.1. The number of oxazole rings is 1. The Morgan fingerprint density at radius 2 is 2.19 bits per heavy atom. The Labute approximate surface area is 131 Å². The summed E-state index contributed by atoms with van der Waals surface area (Å²) in [5, 5.41) is 0.665. The number of thioether (sulfide) groups is 1. The summed E-state index contributed by atoms with van der Waals surface area (Å²) in [4.78, 5) is 15.5. The highest BCUT2D eigenvalue weighted by Crippen LogP contribution is 2.22. The lowest BCUT2D eigenvalue weighted by atomic mass is 10.2. The molecule has 0 radical (unpaired) electrons. The molecule has 1 aromatic heterocycles. The van der Waals surface area contributed by atoms with Crippen LogP contribution in [0, 0.1) is 0 Å². The maximum atomic E-state index is 11.2. The van der Waals surface area contributed by atoms with Gasteiger partial charge >= 0.3 is 5.97 Å². The number of nitrogens with zero attached hydrogens (tertiary/aromatic N) is 1. The summed E-state index contributed by atoms with van der Waals surface area (Å²) in [5.74, 6) is 1.21. The van der Waals surface area contributed by atoms with Gasteiger partial charge in [-0.25, -0.2) is 4.98 Å². The number of ether oxygens (including phenoxy) is 1. The average Bonchev–Trinajstić information content (AvgIpc) is 2.95. The number of esters is 1. The molecule has 0 bridgehead atoms. The van der Waals surface area contributed by atoms with Crippen LogP contribution in [0.3, 0.4) is 0 Å². The number of aromatic nitrogens is 1. The molecule has 0 aliphatic rings. The minimum absolute atomic E-state index is 0.412. The second kappa shape index (κ2) is 7.49. The molecule has 1 atom stereocenters. The number of halogens is 1. The highest BCUT2D eigenvalue weighted by molar-refractivity contribution is 7.98. The number of hydrogen-bond donors (Lipinski definition) is 1. The van der Waals surface area contributed by atoms with Crippen LogP contribution in [0.2, 0.25) is 5.02 Å². The summed E-state index contributed by atoms with van der Waals surface area (Å²) in [6.07, 6.45) is 1.60. The topological polar surface area (TPSA) is 78.4 Å². The molecular weight excluding hydrogens is 312 g/mol. The van der Waals surface area contributed by atoms with Crippen LogP contribution in [-0.2, 0) is 15.3 Å². The zero-order chi connectivity index (χ0) is 15.2. The molecule has 2 aromatic rings. The highest BCUT2D eigenvalue weighted by atomic mass is 35.5. The molecule has 112 valence electrons. The molecule has 0 saturated heterocycles. The van der Waals surface area contributed by atoms with E-state index in [-0.39, 0.29) is 0 Å². The van der Waals surface area contributed by atoms with Crippen molar-refractivity contribution in [1.82, 2.24) is 4.98 Å². The molecule has 2 N–H and O–H groups in total. The van der Waals surface area contributed by atoms with E-state index in [4.69, 9.17) is 21.8 Å². The van der Waals surface area contributed by atoms with Gasteiger partial charge in [0.05, 0.1) is 12.8 Å². The van der Waals surface area contributed by atoms with E-state index < -0.39 is 12.0 Å². The second-order valence-corrected chi connectivity index (χ2v) is 5.76. The smallest absolute Gasteiger partial charge is 0.323 e. The monoisotopic (exact) mass is 326 g/mol. The standard InChI is InChI=1S/C14H15ClN2O3S/c1-19-14(18)12(16)8-21-7-11-6-20-13(17-11)9-2-4-10(15)5-3-9/h2-6,12H,7-8,16H2,1H3. The van der Waals surface area contributed by atoms with Crippen molar-refractivity contribution in [3.63, 3.8) is 0 Å². The molecule has 1 heterocycles. The number of carbonyl (C=O) groups excluding carboxylic acids is 1. The molecule has 1 aromatic carbocycles. The molecule has 1 unspecified atom stereocenters. The number of hydrogen-bond acceptors (Lipinski definition) is 6. The maximum Gasteiger partial charge on any atom is 0.323 e. The summed E-state index contributed by atoms with van der Waals surface area (Å²) in [7, 11) is 1.32. The summed E-state index contributed by atoms with van der Waals surface area (Å²) in [6, 6.07) is 6.63. The van der Waals surface area contributed by atoms with Gasteiger partial charge < -0.3 is 14.9 Å². The molecule has 2 rings (SSSR count). The zero-order valence-electron chi connectivity index (χ0n) is 11.4. The van der Waals surface area contributed by atoms with Gasteiger partial charge in [-0.2, -0.15) is 11.8 Å². The normalized spacial score (nSPS) is 12.1. The van der Waals surface area contributed by atoms with Gasteiger partial charge in [0.1, 0.15) is 12.3 Å². The van der Waals surface area contributed by atoms with Crippen LogP contribution in [0.5, 0.6) is 0 Å². The van der Waals surface area contributed by atoms with E-state index in [1.807, 2.05) is 12.1 Å². The third kappa shape index (κ3) is 4.49. The Balaban J connectivity index is 1.89. The van der Waals surface area contributed by atoms with Crippen LogP contribution in [0.4, 0.5) is 0 Å². The molecule has 0 spiro atoms. The van der Waals surface area contributed by atoms with E-state index in [0.717, 1.165) is 11.3 Å². The molecule has 0 aliphatic heterocycles. The Bertz CT molecular complexity index is 601. The quantitative estimate of drug-likeness (QED) is 0.822. The Morgan fingerprint density at radius 3 is 2.86 bits per heavy atom. The zero-order valence-corrected chi connectivity index (χ0v) is 13.0. The van der Waals surface area contributed by atoms with Gasteiger partial charge in [0.2, 0.25) is 5.89 Å². The third-order valence-corrected chi connectivity index (χ3v) is 4.04. The molecule has 21 heavy (non-hydrogen) atoms. The largest absolute Gasteiger partial charge is 0.468 e. The predicted octanol–water partition coefficient (Wildman–Crippen LogP) is 2.73. The minimum atomic E-state index is -0.623. The molecule has 0 aliphatic carbocycles. The summed E-state index contributed by atoms with van der Waals surface area (Å²) < 4.78 is 9.99. The maximum absolute atomic E-state index is 11.2. The molecule has 0 fully saturated rings. The first kappa shape index (κ1) is 15.9. The van der Waals surface area contributed by atoms with E-state index in [0.29, 0.717) is 22.4 Å². The lowest BCUT2D eigenvalue weighted by Gasteiger charge is -2.07. The highest BCUT2D eigenvalue weighted by Gasteiger charge is 2.14. The fourth-order valence-corrected chi connectivity index (χ4v) is 2.58. The van der Waals surface area contributed by atoms with E-state index in [1.54, 1.807) is 18.4 Å². The van der Waals surface area contributed by atoms with Gasteiger partial charge in [-0.15, -0.1) is 0 Å². The van der Waals surface area contributed by atoms with Crippen LogP contribution in [0.15, 0.2) is 34.9 Å². The second-order valence-electron chi connectivity index (χ2n) is 4.30. The molecule has 5 nitrogen and oxygen atoms in total. The summed E-state index contributed by atoms with van der Waals surface area (Å²) in [6.45, 7) is 0. The molecule has 0 amide bonds. The third-order valence-electron chi connectivity index (χ3n) is 2.69. The predicted molar refractivity (Wildman–Crippen MR) is 83.1 cm³/mol. The van der Waals surface area contributed by atoms with Gasteiger partial charge in [0.15, 0.2) is 0 Å². The van der Waals surface area contributed by atoms with Crippen molar-refractivity contribution in [2.75, 3.05) is 12.9 Å². The van der Waals surface area contributed by atoms with E-state index in [2.05, 4.69) is 9.72 Å². The first-order valence-electron chi connectivity index (χ1n) is 6.21. The van der Waals surface area contributed by atoms with Crippen LogP contribution in [0.25, 0.3) is 11.5 Å². The van der Waals surface area contributed by atoms with E-state index >= 15 is 0 Å². The van der Waals surface area contributed by atoms with Gasteiger partial charge in [0, 0.05) is 22.1 Å². The fourth-order valence-electron chi connectivity index (χ4n) is 1.61. The average molecular weight is 327 g/mol. The van der Waals surface area contributed by atoms with Crippen LogP contribution >= 0.6 is 23.4 Å². The van der Waals surface area contributed by atoms with Crippen LogP contribution < -0.4 is 5.73 Å². The van der Waals surface area contributed by atoms with Crippen molar-refractivity contribution in [1.29, 1.82) is 0 Å². The lowest BCUT2D eigenvalue weighted by Crippen LogP contribution is -2.33. The van der Waals surface area contributed by atoms with E-state index in [1.165, 1.54) is 18.9 Å². The summed E-state index contributed by atoms with van der Waals surface area (Å²) in [5.41, 5.74) is 7.31. The van der Waals surface area contributed by atoms with Gasteiger partial charge in [-0.05, 0) is 24.3 Å². The van der Waals surface area contributed by atoms with Crippen molar-refractivity contribution in [3.8, 4) is 11.5 Å². The number of methoxy groups -OCH3 is 1. The number of benzene rings is 1.